The standard InChI is InChI=1S/C15H16BrClFN3O/c1-8(7-21-10(3)14(16)9(2)20-21)15(22)19-11-4-5-13(18)12(17)6-11/h4-6,8H,7H2,1-3H3,(H,19,22)/t8-/m1/s1. The molecular weight excluding hydrogens is 373 g/mol. The van der Waals surface area contributed by atoms with Gasteiger partial charge in [-0.25, -0.2) is 4.39 Å². The van der Waals surface area contributed by atoms with Crippen LogP contribution in [0.3, 0.4) is 0 Å². The lowest BCUT2D eigenvalue weighted by Gasteiger charge is -2.13. The van der Waals surface area contributed by atoms with Crippen molar-refractivity contribution in [2.45, 2.75) is 27.3 Å². The Hall–Kier alpha value is -1.40. The van der Waals surface area contributed by atoms with Crippen molar-refractivity contribution < 1.29 is 9.18 Å². The molecule has 0 saturated heterocycles. The quantitative estimate of drug-likeness (QED) is 0.847. The number of hydrogen-bond donors (Lipinski definition) is 1. The van der Waals surface area contributed by atoms with E-state index >= 15 is 0 Å². The molecule has 1 heterocycles. The molecule has 1 aromatic carbocycles. The number of aryl methyl sites for hydroxylation is 1. The van der Waals surface area contributed by atoms with E-state index in [4.69, 9.17) is 11.6 Å². The second kappa shape index (κ2) is 6.79. The third kappa shape index (κ3) is 3.67. The molecule has 2 aromatic rings. The van der Waals surface area contributed by atoms with Crippen LogP contribution in [0.4, 0.5) is 10.1 Å². The number of anilines is 1. The first-order valence-corrected chi connectivity index (χ1v) is 7.92. The predicted molar refractivity (Wildman–Crippen MR) is 88.6 cm³/mol. The largest absolute Gasteiger partial charge is 0.326 e. The zero-order chi connectivity index (χ0) is 16.4. The van der Waals surface area contributed by atoms with Gasteiger partial charge in [0.05, 0.1) is 27.7 Å². The summed E-state index contributed by atoms with van der Waals surface area (Å²) in [6.07, 6.45) is 0. The number of nitrogens with zero attached hydrogens (tertiary/aromatic N) is 2. The van der Waals surface area contributed by atoms with Gasteiger partial charge in [-0.05, 0) is 48.0 Å². The highest BCUT2D eigenvalue weighted by atomic mass is 79.9. The van der Waals surface area contributed by atoms with Gasteiger partial charge in [0.2, 0.25) is 5.91 Å². The summed E-state index contributed by atoms with van der Waals surface area (Å²) in [4.78, 5) is 12.2. The normalized spacial score (nSPS) is 12.3. The van der Waals surface area contributed by atoms with Gasteiger partial charge in [-0.3, -0.25) is 9.48 Å². The number of aromatic nitrogens is 2. The molecule has 1 amide bonds. The second-order valence-corrected chi connectivity index (χ2v) is 6.39. The number of carbonyl (C=O) groups is 1. The van der Waals surface area contributed by atoms with E-state index < -0.39 is 5.82 Å². The number of amides is 1. The molecule has 0 bridgehead atoms. The molecule has 1 atom stereocenters. The topological polar surface area (TPSA) is 46.9 Å². The van der Waals surface area contributed by atoms with E-state index in [0.717, 1.165) is 15.9 Å². The molecular formula is C15H16BrClFN3O. The van der Waals surface area contributed by atoms with Crippen molar-refractivity contribution in [2.24, 2.45) is 5.92 Å². The maximum atomic E-state index is 13.1. The lowest BCUT2D eigenvalue weighted by Crippen LogP contribution is -2.25. The van der Waals surface area contributed by atoms with E-state index in [9.17, 15) is 9.18 Å². The highest BCUT2D eigenvalue weighted by molar-refractivity contribution is 9.10. The fraction of sp³-hybridized carbons (Fsp3) is 0.333. The summed E-state index contributed by atoms with van der Waals surface area (Å²) < 4.78 is 15.8. The summed E-state index contributed by atoms with van der Waals surface area (Å²) in [7, 11) is 0. The van der Waals surface area contributed by atoms with Gasteiger partial charge in [0.25, 0.3) is 0 Å². The molecule has 2 rings (SSSR count). The molecule has 0 unspecified atom stereocenters. The maximum absolute atomic E-state index is 13.1. The van der Waals surface area contributed by atoms with Crippen molar-refractivity contribution in [3.63, 3.8) is 0 Å². The molecule has 0 spiro atoms. The van der Waals surface area contributed by atoms with E-state index in [0.29, 0.717) is 12.2 Å². The minimum absolute atomic E-state index is 0.0204. The Bertz CT molecular complexity index is 717. The summed E-state index contributed by atoms with van der Waals surface area (Å²) in [5, 5.41) is 7.09. The van der Waals surface area contributed by atoms with Crippen molar-refractivity contribution in [1.29, 1.82) is 0 Å². The zero-order valence-electron chi connectivity index (χ0n) is 12.5. The summed E-state index contributed by atoms with van der Waals surface area (Å²) in [6, 6.07) is 4.09. The highest BCUT2D eigenvalue weighted by Crippen LogP contribution is 2.22. The van der Waals surface area contributed by atoms with E-state index in [2.05, 4.69) is 26.3 Å². The van der Waals surface area contributed by atoms with Gasteiger partial charge < -0.3 is 5.32 Å². The number of carbonyl (C=O) groups excluding carboxylic acids is 1. The fourth-order valence-electron chi connectivity index (χ4n) is 2.03. The van der Waals surface area contributed by atoms with Crippen LogP contribution in [0.2, 0.25) is 5.02 Å². The van der Waals surface area contributed by atoms with Crippen LogP contribution in [0.1, 0.15) is 18.3 Å². The second-order valence-electron chi connectivity index (χ2n) is 5.19. The Kier molecular flexibility index (Phi) is 5.24. The van der Waals surface area contributed by atoms with Crippen molar-refractivity contribution in [2.75, 3.05) is 5.32 Å². The Labute approximate surface area is 141 Å². The Morgan fingerprint density at radius 3 is 2.73 bits per heavy atom. The molecule has 1 N–H and O–H groups in total. The first kappa shape index (κ1) is 17.0. The third-order valence-corrected chi connectivity index (χ3v) is 4.81. The molecule has 0 aliphatic rings. The monoisotopic (exact) mass is 387 g/mol. The fourth-order valence-corrected chi connectivity index (χ4v) is 2.50. The zero-order valence-corrected chi connectivity index (χ0v) is 14.8. The van der Waals surface area contributed by atoms with E-state index in [1.807, 2.05) is 20.8 Å². The van der Waals surface area contributed by atoms with Gasteiger partial charge in [-0.1, -0.05) is 18.5 Å². The van der Waals surface area contributed by atoms with Crippen LogP contribution < -0.4 is 5.32 Å². The number of halogens is 3. The lowest BCUT2D eigenvalue weighted by atomic mass is 10.1. The van der Waals surface area contributed by atoms with Crippen LogP contribution in [0.15, 0.2) is 22.7 Å². The molecule has 1 aromatic heterocycles. The molecule has 0 radical (unpaired) electrons. The van der Waals surface area contributed by atoms with Crippen LogP contribution in [0.5, 0.6) is 0 Å². The molecule has 0 fully saturated rings. The molecule has 0 saturated carbocycles. The van der Waals surface area contributed by atoms with Gasteiger partial charge in [0.1, 0.15) is 5.82 Å². The van der Waals surface area contributed by atoms with Crippen molar-refractivity contribution in [1.82, 2.24) is 9.78 Å². The minimum atomic E-state index is -0.514. The summed E-state index contributed by atoms with van der Waals surface area (Å²) >= 11 is 9.16. The summed E-state index contributed by atoms with van der Waals surface area (Å²) in [5.41, 5.74) is 2.33. The highest BCUT2D eigenvalue weighted by Gasteiger charge is 2.17. The Morgan fingerprint density at radius 1 is 1.50 bits per heavy atom. The van der Waals surface area contributed by atoms with Crippen LogP contribution in [-0.2, 0) is 11.3 Å². The first-order valence-electron chi connectivity index (χ1n) is 6.75. The minimum Gasteiger partial charge on any atom is -0.326 e. The summed E-state index contributed by atoms with van der Waals surface area (Å²) in [6.45, 7) is 6.11. The molecule has 22 heavy (non-hydrogen) atoms. The predicted octanol–water partition coefficient (Wildman–Crippen LogP) is 4.33. The van der Waals surface area contributed by atoms with Gasteiger partial charge in [0, 0.05) is 11.4 Å². The smallest absolute Gasteiger partial charge is 0.229 e. The molecule has 118 valence electrons. The number of rotatable bonds is 4. The van der Waals surface area contributed by atoms with Gasteiger partial charge in [0.15, 0.2) is 0 Å². The molecule has 0 aliphatic heterocycles. The van der Waals surface area contributed by atoms with Crippen LogP contribution in [0, 0.1) is 25.6 Å². The molecule has 4 nitrogen and oxygen atoms in total. The van der Waals surface area contributed by atoms with Crippen molar-refractivity contribution >= 4 is 39.1 Å². The molecule has 7 heteroatoms. The van der Waals surface area contributed by atoms with Gasteiger partial charge in [-0.15, -0.1) is 0 Å². The van der Waals surface area contributed by atoms with Crippen LogP contribution in [0.25, 0.3) is 0 Å². The van der Waals surface area contributed by atoms with Crippen molar-refractivity contribution in [3.8, 4) is 0 Å². The average molecular weight is 389 g/mol. The first-order chi connectivity index (χ1) is 10.3. The number of benzene rings is 1. The number of nitrogens with one attached hydrogen (secondary N) is 1. The average Bonchev–Trinajstić information content (AvgIpc) is 2.70. The maximum Gasteiger partial charge on any atom is 0.229 e. The third-order valence-electron chi connectivity index (χ3n) is 3.37. The van der Waals surface area contributed by atoms with Crippen LogP contribution >= 0.6 is 27.5 Å². The molecule has 0 aliphatic carbocycles. The number of hydrogen-bond acceptors (Lipinski definition) is 2. The SMILES string of the molecule is Cc1nn(C[C@@H](C)C(=O)Nc2ccc(F)c(Cl)c2)c(C)c1Br. The van der Waals surface area contributed by atoms with Crippen LogP contribution in [-0.4, -0.2) is 15.7 Å². The lowest BCUT2D eigenvalue weighted by molar-refractivity contribution is -0.119. The Morgan fingerprint density at radius 2 is 2.18 bits per heavy atom. The Balaban J connectivity index is 2.05. The van der Waals surface area contributed by atoms with Gasteiger partial charge in [-0.2, -0.15) is 5.10 Å². The van der Waals surface area contributed by atoms with E-state index in [1.54, 1.807) is 4.68 Å². The van der Waals surface area contributed by atoms with E-state index in [-0.39, 0.29) is 16.8 Å². The van der Waals surface area contributed by atoms with Crippen molar-refractivity contribution in [3.05, 3.63) is 44.9 Å². The van der Waals surface area contributed by atoms with Gasteiger partial charge >= 0.3 is 0 Å². The van der Waals surface area contributed by atoms with E-state index in [1.165, 1.54) is 18.2 Å². The summed E-state index contributed by atoms with van der Waals surface area (Å²) in [5.74, 6) is -0.986.